The average Bonchev–Trinajstić information content (AvgIpc) is 2.49. The molecule has 0 radical (unpaired) electrons. The first-order chi connectivity index (χ1) is 9.69. The Labute approximate surface area is 122 Å². The Morgan fingerprint density at radius 1 is 1.25 bits per heavy atom. The predicted molar refractivity (Wildman–Crippen MR) is 82.8 cm³/mol. The molecule has 3 heteroatoms. The normalized spacial score (nSPS) is 18.7. The minimum Gasteiger partial charge on any atom is -0.355 e. The summed E-state index contributed by atoms with van der Waals surface area (Å²) in [4.78, 5) is 15.1. The first kappa shape index (κ1) is 15.0. The maximum atomic E-state index is 12.8. The molecule has 0 spiro atoms. The highest BCUT2D eigenvalue weighted by Crippen LogP contribution is 2.35. The van der Waals surface area contributed by atoms with Crippen LogP contribution in [0.3, 0.4) is 0 Å². The molecular formula is C17H26N2O. The van der Waals surface area contributed by atoms with Gasteiger partial charge in [0.15, 0.2) is 0 Å². The van der Waals surface area contributed by atoms with Gasteiger partial charge in [0.05, 0.1) is 5.41 Å². The molecule has 0 saturated carbocycles. The Morgan fingerprint density at radius 2 is 1.90 bits per heavy atom. The zero-order valence-electron chi connectivity index (χ0n) is 12.7. The lowest BCUT2D eigenvalue weighted by Gasteiger charge is -2.39. The van der Waals surface area contributed by atoms with Gasteiger partial charge in [-0.05, 0) is 45.0 Å². The number of nitrogens with one attached hydrogen (secondary N) is 1. The van der Waals surface area contributed by atoms with Crippen LogP contribution >= 0.6 is 0 Å². The number of piperidine rings is 1. The van der Waals surface area contributed by atoms with Crippen molar-refractivity contribution in [3.05, 3.63) is 35.9 Å². The number of rotatable bonds is 5. The summed E-state index contributed by atoms with van der Waals surface area (Å²) in [6.07, 6.45) is 3.98. The first-order valence-corrected chi connectivity index (χ1v) is 7.71. The molecule has 1 aromatic rings. The van der Waals surface area contributed by atoms with Crippen LogP contribution in [0.5, 0.6) is 0 Å². The predicted octanol–water partition coefficient (Wildman–Crippen LogP) is 2.57. The van der Waals surface area contributed by atoms with Gasteiger partial charge in [-0.25, -0.2) is 0 Å². The van der Waals surface area contributed by atoms with Crippen LogP contribution in [0.1, 0.15) is 38.2 Å². The monoisotopic (exact) mass is 274 g/mol. The number of carbonyl (C=O) groups is 1. The van der Waals surface area contributed by atoms with E-state index in [1.54, 1.807) is 0 Å². The number of hydrogen-bond donors (Lipinski definition) is 1. The Balaban J connectivity index is 2.18. The minimum atomic E-state index is -0.332. The molecule has 1 aliphatic rings. The van der Waals surface area contributed by atoms with Gasteiger partial charge in [0.1, 0.15) is 0 Å². The number of likely N-dealkylation sites (tertiary alicyclic amines) is 1. The molecule has 1 amide bonds. The highest BCUT2D eigenvalue weighted by molar-refractivity contribution is 5.88. The van der Waals surface area contributed by atoms with Crippen molar-refractivity contribution >= 4 is 5.91 Å². The van der Waals surface area contributed by atoms with Gasteiger partial charge in [-0.2, -0.15) is 0 Å². The maximum Gasteiger partial charge on any atom is 0.230 e. The lowest BCUT2D eigenvalue weighted by molar-refractivity contribution is -0.128. The molecule has 0 aliphatic carbocycles. The third-order valence-electron chi connectivity index (χ3n) is 4.42. The standard InChI is InChI=1S/C17H26N2O/c1-3-4-12-18-16(20)17(10-13-19(2)14-11-17)15-8-6-5-7-9-15/h5-9H,3-4,10-14H2,1-2H3,(H,18,20). The van der Waals surface area contributed by atoms with Crippen molar-refractivity contribution in [3.63, 3.8) is 0 Å². The Morgan fingerprint density at radius 3 is 2.50 bits per heavy atom. The van der Waals surface area contributed by atoms with E-state index in [9.17, 15) is 4.79 Å². The summed E-state index contributed by atoms with van der Waals surface area (Å²) in [5.74, 6) is 0.213. The second-order valence-electron chi connectivity index (χ2n) is 5.86. The van der Waals surface area contributed by atoms with Crippen molar-refractivity contribution in [2.45, 2.75) is 38.0 Å². The summed E-state index contributed by atoms with van der Waals surface area (Å²) in [5, 5.41) is 3.15. The van der Waals surface area contributed by atoms with Gasteiger partial charge in [-0.1, -0.05) is 43.7 Å². The molecule has 0 aromatic heterocycles. The SMILES string of the molecule is CCCCNC(=O)C1(c2ccccc2)CCN(C)CC1. The fourth-order valence-electron chi connectivity index (χ4n) is 2.95. The number of benzene rings is 1. The molecule has 0 bridgehead atoms. The smallest absolute Gasteiger partial charge is 0.230 e. The van der Waals surface area contributed by atoms with Crippen molar-refractivity contribution in [1.29, 1.82) is 0 Å². The molecule has 1 aromatic carbocycles. The topological polar surface area (TPSA) is 32.3 Å². The lowest BCUT2D eigenvalue weighted by atomic mass is 9.72. The van der Waals surface area contributed by atoms with Gasteiger partial charge >= 0.3 is 0 Å². The molecule has 0 atom stereocenters. The zero-order chi connectivity index (χ0) is 14.4. The van der Waals surface area contributed by atoms with Crippen LogP contribution in [0.2, 0.25) is 0 Å². The van der Waals surface area contributed by atoms with Crippen LogP contribution in [-0.4, -0.2) is 37.5 Å². The number of carbonyl (C=O) groups excluding carboxylic acids is 1. The average molecular weight is 274 g/mol. The molecule has 110 valence electrons. The van der Waals surface area contributed by atoms with Gasteiger partial charge in [0, 0.05) is 6.54 Å². The van der Waals surface area contributed by atoms with Crippen LogP contribution in [-0.2, 0) is 10.2 Å². The highest BCUT2D eigenvalue weighted by atomic mass is 16.2. The van der Waals surface area contributed by atoms with Crippen molar-refractivity contribution in [1.82, 2.24) is 10.2 Å². The number of hydrogen-bond acceptors (Lipinski definition) is 2. The van der Waals surface area contributed by atoms with E-state index < -0.39 is 0 Å². The van der Waals surface area contributed by atoms with Crippen molar-refractivity contribution in [3.8, 4) is 0 Å². The second kappa shape index (κ2) is 6.89. The summed E-state index contributed by atoms with van der Waals surface area (Å²) >= 11 is 0. The van der Waals surface area contributed by atoms with Crippen LogP contribution < -0.4 is 5.32 Å². The van der Waals surface area contributed by atoms with Gasteiger partial charge in [0.25, 0.3) is 0 Å². The largest absolute Gasteiger partial charge is 0.355 e. The summed E-state index contributed by atoms with van der Waals surface area (Å²) in [7, 11) is 2.13. The molecule has 0 unspecified atom stereocenters. The molecule has 3 nitrogen and oxygen atoms in total. The Bertz CT molecular complexity index is 422. The van der Waals surface area contributed by atoms with E-state index in [1.165, 1.54) is 5.56 Å². The van der Waals surface area contributed by atoms with E-state index in [0.717, 1.165) is 45.3 Å². The summed E-state index contributed by atoms with van der Waals surface area (Å²) in [6, 6.07) is 10.3. The van der Waals surface area contributed by atoms with Gasteiger partial charge < -0.3 is 10.2 Å². The van der Waals surface area contributed by atoms with Crippen molar-refractivity contribution < 1.29 is 4.79 Å². The van der Waals surface area contributed by atoms with Crippen LogP contribution in [0, 0.1) is 0 Å². The quantitative estimate of drug-likeness (QED) is 0.837. The molecule has 1 saturated heterocycles. The van der Waals surface area contributed by atoms with Gasteiger partial charge in [-0.15, -0.1) is 0 Å². The molecule has 1 N–H and O–H groups in total. The van der Waals surface area contributed by atoms with E-state index in [1.807, 2.05) is 18.2 Å². The Hall–Kier alpha value is -1.35. The highest BCUT2D eigenvalue weighted by Gasteiger charge is 2.41. The number of unbranched alkanes of at least 4 members (excludes halogenated alkanes) is 1. The van der Waals surface area contributed by atoms with Gasteiger partial charge in [-0.3, -0.25) is 4.79 Å². The third-order valence-corrected chi connectivity index (χ3v) is 4.42. The molecule has 1 fully saturated rings. The van der Waals surface area contributed by atoms with E-state index in [-0.39, 0.29) is 11.3 Å². The van der Waals surface area contributed by atoms with E-state index in [2.05, 4.69) is 36.3 Å². The Kier molecular flexibility index (Phi) is 5.18. The van der Waals surface area contributed by atoms with Crippen LogP contribution in [0.25, 0.3) is 0 Å². The molecule has 1 heterocycles. The number of amides is 1. The number of nitrogens with zero attached hydrogens (tertiary/aromatic N) is 1. The summed E-state index contributed by atoms with van der Waals surface area (Å²) in [5.41, 5.74) is 0.837. The maximum absolute atomic E-state index is 12.8. The van der Waals surface area contributed by atoms with E-state index >= 15 is 0 Å². The van der Waals surface area contributed by atoms with Crippen molar-refractivity contribution in [2.75, 3.05) is 26.7 Å². The molecule has 2 rings (SSSR count). The fourth-order valence-corrected chi connectivity index (χ4v) is 2.95. The molecule has 20 heavy (non-hydrogen) atoms. The summed E-state index contributed by atoms with van der Waals surface area (Å²) in [6.45, 7) is 4.90. The summed E-state index contributed by atoms with van der Waals surface area (Å²) < 4.78 is 0. The van der Waals surface area contributed by atoms with Crippen LogP contribution in [0.15, 0.2) is 30.3 Å². The van der Waals surface area contributed by atoms with Crippen molar-refractivity contribution in [2.24, 2.45) is 0 Å². The zero-order valence-corrected chi connectivity index (χ0v) is 12.7. The third kappa shape index (κ3) is 3.21. The molecular weight excluding hydrogens is 248 g/mol. The van der Waals surface area contributed by atoms with E-state index in [4.69, 9.17) is 0 Å². The molecule has 1 aliphatic heterocycles. The minimum absolute atomic E-state index is 0.213. The lowest BCUT2D eigenvalue weighted by Crippen LogP contribution is -2.51. The van der Waals surface area contributed by atoms with Crippen LogP contribution in [0.4, 0.5) is 0 Å². The van der Waals surface area contributed by atoms with E-state index in [0.29, 0.717) is 0 Å². The fraction of sp³-hybridized carbons (Fsp3) is 0.588. The first-order valence-electron chi connectivity index (χ1n) is 7.71. The second-order valence-corrected chi connectivity index (χ2v) is 5.86. The van der Waals surface area contributed by atoms with Gasteiger partial charge in [0.2, 0.25) is 5.91 Å².